The zero-order valence-corrected chi connectivity index (χ0v) is 13.7. The van der Waals surface area contributed by atoms with E-state index in [0.29, 0.717) is 18.0 Å². The Morgan fingerprint density at radius 3 is 2.74 bits per heavy atom. The number of halogens is 1. The van der Waals surface area contributed by atoms with Crippen LogP contribution in [0.25, 0.3) is 0 Å². The summed E-state index contributed by atoms with van der Waals surface area (Å²) in [6, 6.07) is 8.21. The fourth-order valence-corrected chi connectivity index (χ4v) is 4.43. The van der Waals surface area contributed by atoms with Crippen LogP contribution in [0, 0.1) is 11.7 Å². The van der Waals surface area contributed by atoms with Crippen LogP contribution in [0.1, 0.15) is 37.7 Å². The lowest BCUT2D eigenvalue weighted by atomic mass is 9.91. The van der Waals surface area contributed by atoms with E-state index < -0.39 is 0 Å². The number of nitrogens with one attached hydrogen (secondary N) is 2. The molecule has 0 amide bonds. The molecule has 1 saturated heterocycles. The van der Waals surface area contributed by atoms with Gasteiger partial charge in [0.15, 0.2) is 0 Å². The van der Waals surface area contributed by atoms with Crippen molar-refractivity contribution in [2.75, 3.05) is 26.3 Å². The number of rotatable bonds is 5. The molecule has 3 aliphatic rings. The van der Waals surface area contributed by atoms with Gasteiger partial charge in [-0.2, -0.15) is 0 Å². The molecule has 1 heterocycles. The van der Waals surface area contributed by atoms with Gasteiger partial charge in [0.1, 0.15) is 5.82 Å². The van der Waals surface area contributed by atoms with Gasteiger partial charge in [-0.3, -0.25) is 0 Å². The summed E-state index contributed by atoms with van der Waals surface area (Å²) < 4.78 is 18.8. The molecule has 0 radical (unpaired) electrons. The predicted octanol–water partition coefficient (Wildman–Crippen LogP) is 2.60. The predicted molar refractivity (Wildman–Crippen MR) is 89.1 cm³/mol. The third-order valence-electron chi connectivity index (χ3n) is 6.05. The van der Waals surface area contributed by atoms with E-state index in [0.717, 1.165) is 26.3 Å². The van der Waals surface area contributed by atoms with Crippen LogP contribution < -0.4 is 10.6 Å². The van der Waals surface area contributed by atoms with E-state index in [4.69, 9.17) is 4.74 Å². The third kappa shape index (κ3) is 3.30. The van der Waals surface area contributed by atoms with Gasteiger partial charge in [0.2, 0.25) is 0 Å². The molecule has 3 unspecified atom stereocenters. The first-order valence-electron chi connectivity index (χ1n) is 9.07. The number of ether oxygens (including phenoxy) is 1. The fourth-order valence-electron chi connectivity index (χ4n) is 4.43. The quantitative estimate of drug-likeness (QED) is 0.875. The van der Waals surface area contributed by atoms with Gasteiger partial charge in [-0.1, -0.05) is 18.6 Å². The van der Waals surface area contributed by atoms with Crippen LogP contribution >= 0.6 is 0 Å². The number of benzene rings is 1. The average Bonchev–Trinajstić information content (AvgIpc) is 3.23. The average molecular weight is 318 g/mol. The zero-order chi connectivity index (χ0) is 15.7. The lowest BCUT2D eigenvalue weighted by molar-refractivity contribution is 0.0524. The largest absolute Gasteiger partial charge is 0.379 e. The van der Waals surface area contributed by atoms with Crippen molar-refractivity contribution in [3.8, 4) is 0 Å². The highest BCUT2D eigenvalue weighted by molar-refractivity contribution is 5.32. The van der Waals surface area contributed by atoms with Gasteiger partial charge in [0.05, 0.1) is 13.2 Å². The molecule has 3 nitrogen and oxygen atoms in total. The lowest BCUT2D eigenvalue weighted by Crippen LogP contribution is -2.51. The molecule has 1 aromatic rings. The highest BCUT2D eigenvalue weighted by atomic mass is 19.1. The smallest absolute Gasteiger partial charge is 0.123 e. The maximum absolute atomic E-state index is 13.1. The molecule has 0 spiro atoms. The highest BCUT2D eigenvalue weighted by Gasteiger charge is 2.45. The van der Waals surface area contributed by atoms with Crippen LogP contribution in [0.4, 0.5) is 4.39 Å². The minimum atomic E-state index is -0.142. The fraction of sp³-hybridized carbons (Fsp3) is 0.684. The van der Waals surface area contributed by atoms with E-state index in [1.807, 2.05) is 12.1 Å². The number of hydrogen-bond acceptors (Lipinski definition) is 3. The first-order valence-corrected chi connectivity index (χ1v) is 9.07. The van der Waals surface area contributed by atoms with Gasteiger partial charge in [-0.25, -0.2) is 4.39 Å². The lowest BCUT2D eigenvalue weighted by Gasteiger charge is -2.33. The molecule has 1 aliphatic heterocycles. The number of hydrogen-bond donors (Lipinski definition) is 2. The topological polar surface area (TPSA) is 33.3 Å². The van der Waals surface area contributed by atoms with Crippen molar-refractivity contribution in [3.63, 3.8) is 0 Å². The Hall–Kier alpha value is -0.970. The van der Waals surface area contributed by atoms with E-state index in [-0.39, 0.29) is 11.2 Å². The van der Waals surface area contributed by atoms with Gasteiger partial charge in [-0.05, 0) is 49.3 Å². The van der Waals surface area contributed by atoms with Crippen LogP contribution in [0.15, 0.2) is 24.3 Å². The zero-order valence-electron chi connectivity index (χ0n) is 13.7. The van der Waals surface area contributed by atoms with Crippen LogP contribution in [0.5, 0.6) is 0 Å². The Morgan fingerprint density at radius 2 is 2.04 bits per heavy atom. The summed E-state index contributed by atoms with van der Waals surface area (Å²) in [7, 11) is 0. The van der Waals surface area contributed by atoms with E-state index in [2.05, 4.69) is 10.6 Å². The summed E-state index contributed by atoms with van der Waals surface area (Å²) in [5.41, 5.74) is 1.54. The van der Waals surface area contributed by atoms with E-state index >= 15 is 0 Å². The standard InChI is InChI=1S/C19H27FN2O/c20-15-6-4-14(5-7-15)19(8-9-19)13-22-17-3-1-2-16(17)18-12-23-11-10-21-18/h4-7,16-18,21-22H,1-3,8-13H2. The molecule has 2 N–H and O–H groups in total. The van der Waals surface area contributed by atoms with Gasteiger partial charge < -0.3 is 15.4 Å². The molecule has 4 rings (SSSR count). The number of morpholine rings is 1. The van der Waals surface area contributed by atoms with Crippen molar-refractivity contribution in [2.24, 2.45) is 5.92 Å². The Kier molecular flexibility index (Phi) is 4.39. The Morgan fingerprint density at radius 1 is 1.22 bits per heavy atom. The van der Waals surface area contributed by atoms with Crippen molar-refractivity contribution in [2.45, 2.75) is 49.6 Å². The second-order valence-corrected chi connectivity index (χ2v) is 7.50. The molecule has 2 aliphatic carbocycles. The molecule has 0 bridgehead atoms. The van der Waals surface area contributed by atoms with E-state index in [9.17, 15) is 4.39 Å². The van der Waals surface area contributed by atoms with E-state index in [1.165, 1.54) is 37.7 Å². The molecule has 3 fully saturated rings. The second-order valence-electron chi connectivity index (χ2n) is 7.50. The molecule has 4 heteroatoms. The van der Waals surface area contributed by atoms with Crippen molar-refractivity contribution < 1.29 is 9.13 Å². The molecule has 126 valence electrons. The summed E-state index contributed by atoms with van der Waals surface area (Å²) in [6.45, 7) is 3.70. The van der Waals surface area contributed by atoms with Crippen molar-refractivity contribution in [1.82, 2.24) is 10.6 Å². The molecule has 3 atom stereocenters. The van der Waals surface area contributed by atoms with Crippen molar-refractivity contribution in [3.05, 3.63) is 35.6 Å². The van der Waals surface area contributed by atoms with Gasteiger partial charge >= 0.3 is 0 Å². The van der Waals surface area contributed by atoms with Crippen LogP contribution in [0.3, 0.4) is 0 Å². The minimum Gasteiger partial charge on any atom is -0.379 e. The minimum absolute atomic E-state index is 0.142. The van der Waals surface area contributed by atoms with E-state index in [1.54, 1.807) is 12.1 Å². The van der Waals surface area contributed by atoms with Gasteiger partial charge in [0.25, 0.3) is 0 Å². The van der Waals surface area contributed by atoms with Crippen LogP contribution in [-0.2, 0) is 10.2 Å². The Bertz CT molecular complexity index is 523. The highest BCUT2D eigenvalue weighted by Crippen LogP contribution is 2.48. The monoisotopic (exact) mass is 318 g/mol. The van der Waals surface area contributed by atoms with Crippen LogP contribution in [0.2, 0.25) is 0 Å². The molecular weight excluding hydrogens is 291 g/mol. The second kappa shape index (κ2) is 6.50. The molecule has 2 saturated carbocycles. The maximum Gasteiger partial charge on any atom is 0.123 e. The summed E-state index contributed by atoms with van der Waals surface area (Å²) in [5, 5.41) is 7.49. The summed E-state index contributed by atoms with van der Waals surface area (Å²) in [4.78, 5) is 0. The Labute approximate surface area is 138 Å². The van der Waals surface area contributed by atoms with Gasteiger partial charge in [0, 0.05) is 30.6 Å². The molecule has 1 aromatic carbocycles. The SMILES string of the molecule is Fc1ccc(C2(CNC3CCCC3C3COCCN3)CC2)cc1. The normalized spacial score (nSPS) is 32.8. The summed E-state index contributed by atoms with van der Waals surface area (Å²) >= 11 is 0. The third-order valence-corrected chi connectivity index (χ3v) is 6.05. The molecular formula is C19H27FN2O. The first kappa shape index (κ1) is 15.6. The van der Waals surface area contributed by atoms with Gasteiger partial charge in [-0.15, -0.1) is 0 Å². The van der Waals surface area contributed by atoms with Crippen molar-refractivity contribution in [1.29, 1.82) is 0 Å². The maximum atomic E-state index is 13.1. The molecule has 23 heavy (non-hydrogen) atoms. The Balaban J connectivity index is 1.37. The molecule has 0 aromatic heterocycles. The summed E-state index contributed by atoms with van der Waals surface area (Å²) in [5.74, 6) is 0.538. The summed E-state index contributed by atoms with van der Waals surface area (Å²) in [6.07, 6.45) is 6.30. The first-order chi connectivity index (χ1) is 11.3. The van der Waals surface area contributed by atoms with Crippen molar-refractivity contribution >= 4 is 0 Å². The van der Waals surface area contributed by atoms with Crippen LogP contribution in [-0.4, -0.2) is 38.4 Å².